The van der Waals surface area contributed by atoms with Gasteiger partial charge < -0.3 is 15.8 Å². The first kappa shape index (κ1) is 10.9. The zero-order valence-corrected chi connectivity index (χ0v) is 9.99. The molecule has 0 bridgehead atoms. The Morgan fingerprint density at radius 1 is 1.39 bits per heavy atom. The second-order valence-corrected chi connectivity index (χ2v) is 4.31. The van der Waals surface area contributed by atoms with Crippen LogP contribution < -0.4 is 5.73 Å². The van der Waals surface area contributed by atoms with Crippen LogP contribution in [0.3, 0.4) is 0 Å². The third-order valence-corrected chi connectivity index (χ3v) is 3.11. The number of hydrogen-bond donors (Lipinski definition) is 4. The number of rotatable bonds is 2. The number of phenols is 1. The summed E-state index contributed by atoms with van der Waals surface area (Å²) in [5.41, 5.74) is 10.0. The third kappa shape index (κ3) is 1.48. The lowest BCUT2D eigenvalue weighted by Crippen LogP contribution is -1.95. The maximum atomic E-state index is 9.83. The van der Waals surface area contributed by atoms with Crippen molar-refractivity contribution < 1.29 is 5.11 Å². The number of phenolic OH excluding ortho intramolecular Hbond substituents is 1. The zero-order chi connectivity index (χ0) is 12.7. The van der Waals surface area contributed by atoms with Gasteiger partial charge in [0.15, 0.2) is 0 Å². The molecular weight excluding hydrogens is 228 g/mol. The lowest BCUT2D eigenvalue weighted by Gasteiger charge is -1.96. The van der Waals surface area contributed by atoms with E-state index in [1.165, 1.54) is 0 Å². The van der Waals surface area contributed by atoms with Crippen LogP contribution in [-0.2, 0) is 6.54 Å². The minimum Gasteiger partial charge on any atom is -0.506 e. The highest BCUT2D eigenvalue weighted by Gasteiger charge is 2.14. The van der Waals surface area contributed by atoms with Crippen molar-refractivity contribution in [3.63, 3.8) is 0 Å². The van der Waals surface area contributed by atoms with Crippen molar-refractivity contribution in [3.8, 4) is 17.0 Å². The second kappa shape index (κ2) is 3.89. The van der Waals surface area contributed by atoms with Crippen molar-refractivity contribution in [1.82, 2.24) is 15.2 Å². The zero-order valence-electron chi connectivity index (χ0n) is 9.99. The average Bonchev–Trinajstić information content (AvgIpc) is 2.93. The van der Waals surface area contributed by atoms with E-state index in [1.807, 2.05) is 25.1 Å². The number of aromatic amines is 2. The van der Waals surface area contributed by atoms with E-state index in [-0.39, 0.29) is 5.75 Å². The topological polar surface area (TPSA) is 90.7 Å². The first-order valence-corrected chi connectivity index (χ1v) is 5.75. The van der Waals surface area contributed by atoms with Crippen molar-refractivity contribution >= 4 is 10.9 Å². The summed E-state index contributed by atoms with van der Waals surface area (Å²) < 4.78 is 0. The fourth-order valence-electron chi connectivity index (χ4n) is 2.26. The highest BCUT2D eigenvalue weighted by molar-refractivity contribution is 5.99. The molecule has 0 atom stereocenters. The number of para-hydroxylation sites is 1. The van der Waals surface area contributed by atoms with Gasteiger partial charge >= 0.3 is 0 Å². The summed E-state index contributed by atoms with van der Waals surface area (Å²) in [6, 6.07) is 7.38. The largest absolute Gasteiger partial charge is 0.506 e. The summed E-state index contributed by atoms with van der Waals surface area (Å²) in [5, 5.41) is 18.0. The molecule has 0 amide bonds. The first-order valence-electron chi connectivity index (χ1n) is 5.75. The van der Waals surface area contributed by atoms with Gasteiger partial charge in [0, 0.05) is 28.9 Å². The lowest BCUT2D eigenvalue weighted by molar-refractivity contribution is 0.480. The Kier molecular flexibility index (Phi) is 2.34. The number of nitrogens with two attached hydrogens (primary N) is 1. The Bertz CT molecular complexity index is 711. The number of aryl methyl sites for hydroxylation is 1. The normalized spacial score (nSPS) is 11.2. The Hall–Kier alpha value is -2.27. The molecule has 1 aromatic carbocycles. The summed E-state index contributed by atoms with van der Waals surface area (Å²) in [6.07, 6.45) is 0. The number of fused-ring (bicyclic) bond motifs is 1. The molecule has 0 unspecified atom stereocenters. The van der Waals surface area contributed by atoms with Crippen LogP contribution in [0.1, 0.15) is 11.4 Å². The summed E-state index contributed by atoms with van der Waals surface area (Å²) in [5.74, 6) is 0.247. The van der Waals surface area contributed by atoms with Gasteiger partial charge in [-0.05, 0) is 19.1 Å². The summed E-state index contributed by atoms with van der Waals surface area (Å²) >= 11 is 0. The van der Waals surface area contributed by atoms with Gasteiger partial charge in [-0.2, -0.15) is 5.10 Å². The Labute approximate surface area is 104 Å². The van der Waals surface area contributed by atoms with Crippen LogP contribution in [-0.4, -0.2) is 20.3 Å². The average molecular weight is 242 g/mol. The van der Waals surface area contributed by atoms with E-state index in [0.29, 0.717) is 6.54 Å². The van der Waals surface area contributed by atoms with E-state index in [4.69, 9.17) is 5.73 Å². The molecule has 2 aromatic heterocycles. The van der Waals surface area contributed by atoms with Gasteiger partial charge in [0.05, 0.1) is 11.2 Å². The molecule has 0 aliphatic carbocycles. The fraction of sp³-hybridized carbons (Fsp3) is 0.154. The van der Waals surface area contributed by atoms with Crippen molar-refractivity contribution in [2.24, 2.45) is 5.73 Å². The molecule has 5 N–H and O–H groups in total. The number of benzene rings is 1. The SMILES string of the molecule is Cc1[nH]c2c(O)cccc2c1-c1cc(CN)[nH]n1. The van der Waals surface area contributed by atoms with Crippen LogP contribution in [0.25, 0.3) is 22.2 Å². The van der Waals surface area contributed by atoms with Gasteiger partial charge in [-0.1, -0.05) is 12.1 Å². The molecule has 92 valence electrons. The van der Waals surface area contributed by atoms with E-state index >= 15 is 0 Å². The number of hydrogen-bond acceptors (Lipinski definition) is 3. The molecule has 5 heteroatoms. The molecule has 0 saturated carbocycles. The number of nitrogens with one attached hydrogen (secondary N) is 2. The molecule has 0 saturated heterocycles. The van der Waals surface area contributed by atoms with Crippen LogP contribution >= 0.6 is 0 Å². The van der Waals surface area contributed by atoms with E-state index in [1.54, 1.807) is 6.07 Å². The molecule has 0 fully saturated rings. The van der Waals surface area contributed by atoms with Crippen LogP contribution in [0.5, 0.6) is 5.75 Å². The third-order valence-electron chi connectivity index (χ3n) is 3.11. The van der Waals surface area contributed by atoms with Crippen LogP contribution in [0, 0.1) is 6.92 Å². The van der Waals surface area contributed by atoms with E-state index < -0.39 is 0 Å². The maximum Gasteiger partial charge on any atom is 0.139 e. The fourth-order valence-corrected chi connectivity index (χ4v) is 2.26. The predicted octanol–water partition coefficient (Wildman–Crippen LogP) is 2.03. The van der Waals surface area contributed by atoms with E-state index in [2.05, 4.69) is 15.2 Å². The second-order valence-electron chi connectivity index (χ2n) is 4.31. The van der Waals surface area contributed by atoms with Crippen molar-refractivity contribution in [2.45, 2.75) is 13.5 Å². The molecule has 5 nitrogen and oxygen atoms in total. The summed E-state index contributed by atoms with van der Waals surface area (Å²) in [7, 11) is 0. The molecular formula is C13H14N4O. The van der Waals surface area contributed by atoms with Gasteiger partial charge in [-0.25, -0.2) is 0 Å². The first-order chi connectivity index (χ1) is 8.70. The van der Waals surface area contributed by atoms with Gasteiger partial charge in [0.25, 0.3) is 0 Å². The molecule has 2 heterocycles. The quantitative estimate of drug-likeness (QED) is 0.554. The Morgan fingerprint density at radius 2 is 2.22 bits per heavy atom. The highest BCUT2D eigenvalue weighted by atomic mass is 16.3. The van der Waals surface area contributed by atoms with Gasteiger partial charge in [-0.15, -0.1) is 0 Å². The standard InChI is InChI=1S/C13H14N4O/c1-7-12(10-5-8(6-14)16-17-10)9-3-2-4-11(18)13(9)15-7/h2-5,15,18H,6,14H2,1H3,(H,16,17). The molecule has 3 rings (SSSR count). The minimum absolute atomic E-state index is 0.247. The highest BCUT2D eigenvalue weighted by Crippen LogP contribution is 2.34. The molecule has 18 heavy (non-hydrogen) atoms. The number of nitrogens with zero attached hydrogens (tertiary/aromatic N) is 1. The minimum atomic E-state index is 0.247. The number of H-pyrrole nitrogens is 2. The Morgan fingerprint density at radius 3 is 2.94 bits per heavy atom. The predicted molar refractivity (Wildman–Crippen MR) is 70.2 cm³/mol. The monoisotopic (exact) mass is 242 g/mol. The summed E-state index contributed by atoms with van der Waals surface area (Å²) in [4.78, 5) is 3.19. The van der Waals surface area contributed by atoms with E-state index in [9.17, 15) is 5.11 Å². The van der Waals surface area contributed by atoms with Gasteiger partial charge in [0.2, 0.25) is 0 Å². The molecule has 0 aliphatic heterocycles. The van der Waals surface area contributed by atoms with Gasteiger partial charge in [-0.3, -0.25) is 5.10 Å². The van der Waals surface area contributed by atoms with Crippen LogP contribution in [0.2, 0.25) is 0 Å². The molecule has 0 radical (unpaired) electrons. The van der Waals surface area contributed by atoms with Crippen LogP contribution in [0.15, 0.2) is 24.3 Å². The maximum absolute atomic E-state index is 9.83. The van der Waals surface area contributed by atoms with E-state index in [0.717, 1.165) is 33.5 Å². The molecule has 0 aliphatic rings. The van der Waals surface area contributed by atoms with Gasteiger partial charge in [0.1, 0.15) is 5.75 Å². The van der Waals surface area contributed by atoms with Crippen LogP contribution in [0.4, 0.5) is 0 Å². The molecule has 3 aromatic rings. The van der Waals surface area contributed by atoms with Crippen molar-refractivity contribution in [3.05, 3.63) is 35.7 Å². The van der Waals surface area contributed by atoms with Crippen molar-refractivity contribution in [2.75, 3.05) is 0 Å². The Balaban J connectivity index is 2.28. The summed E-state index contributed by atoms with van der Waals surface area (Å²) in [6.45, 7) is 2.39. The molecule has 0 spiro atoms. The number of aromatic hydroxyl groups is 1. The lowest BCUT2D eigenvalue weighted by atomic mass is 10.1. The number of aromatic nitrogens is 3. The van der Waals surface area contributed by atoms with Crippen molar-refractivity contribution in [1.29, 1.82) is 0 Å². The smallest absolute Gasteiger partial charge is 0.139 e.